The van der Waals surface area contributed by atoms with Crippen LogP contribution in [0.4, 0.5) is 5.82 Å². The van der Waals surface area contributed by atoms with Crippen molar-refractivity contribution in [2.75, 3.05) is 24.5 Å². The van der Waals surface area contributed by atoms with Crippen molar-refractivity contribution in [2.24, 2.45) is 0 Å². The lowest BCUT2D eigenvalue weighted by atomic mass is 9.88. The second-order valence-corrected chi connectivity index (χ2v) is 6.89. The van der Waals surface area contributed by atoms with Crippen LogP contribution in [0.15, 0.2) is 18.3 Å². The molecule has 3 nitrogen and oxygen atoms in total. The second kappa shape index (κ2) is 6.57. The van der Waals surface area contributed by atoms with Gasteiger partial charge < -0.3 is 10.2 Å². The van der Waals surface area contributed by atoms with Crippen LogP contribution in [-0.2, 0) is 5.41 Å². The number of aromatic nitrogens is 1. The molecule has 0 spiro atoms. The van der Waals surface area contributed by atoms with Crippen molar-refractivity contribution in [3.63, 3.8) is 0 Å². The predicted molar refractivity (Wildman–Crippen MR) is 86.5 cm³/mol. The van der Waals surface area contributed by atoms with Gasteiger partial charge in [0.25, 0.3) is 0 Å². The molecule has 20 heavy (non-hydrogen) atoms. The van der Waals surface area contributed by atoms with E-state index in [0.717, 1.165) is 25.3 Å². The minimum absolute atomic E-state index is 0.175. The zero-order valence-electron chi connectivity index (χ0n) is 13.4. The van der Waals surface area contributed by atoms with Gasteiger partial charge in [-0.1, -0.05) is 33.8 Å². The van der Waals surface area contributed by atoms with Gasteiger partial charge in [-0.05, 0) is 42.9 Å². The summed E-state index contributed by atoms with van der Waals surface area (Å²) in [5, 5.41) is 3.58. The van der Waals surface area contributed by atoms with E-state index in [9.17, 15) is 0 Å². The van der Waals surface area contributed by atoms with E-state index in [-0.39, 0.29) is 5.41 Å². The number of hydrogen-bond donors (Lipinski definition) is 1. The zero-order chi connectivity index (χ0) is 14.6. The van der Waals surface area contributed by atoms with Gasteiger partial charge in [-0.2, -0.15) is 0 Å². The first-order chi connectivity index (χ1) is 9.50. The van der Waals surface area contributed by atoms with Crippen molar-refractivity contribution in [1.82, 2.24) is 10.3 Å². The fourth-order valence-electron chi connectivity index (χ4n) is 2.76. The van der Waals surface area contributed by atoms with E-state index in [4.69, 9.17) is 4.98 Å². The maximum Gasteiger partial charge on any atom is 0.128 e. The van der Waals surface area contributed by atoms with E-state index in [1.54, 1.807) is 0 Å². The number of anilines is 1. The van der Waals surface area contributed by atoms with Gasteiger partial charge in [0, 0.05) is 25.3 Å². The molecule has 0 aliphatic carbocycles. The molecule has 1 N–H and O–H groups in total. The number of hydrogen-bond acceptors (Lipinski definition) is 3. The average molecular weight is 275 g/mol. The van der Waals surface area contributed by atoms with E-state index < -0.39 is 0 Å². The van der Waals surface area contributed by atoms with Gasteiger partial charge in [-0.3, -0.25) is 0 Å². The minimum Gasteiger partial charge on any atom is -0.355 e. The highest BCUT2D eigenvalue weighted by molar-refractivity contribution is 5.40. The summed E-state index contributed by atoms with van der Waals surface area (Å²) in [6.45, 7) is 12.3. The van der Waals surface area contributed by atoms with E-state index in [2.05, 4.69) is 50.0 Å². The Labute approximate surface area is 123 Å². The summed E-state index contributed by atoms with van der Waals surface area (Å²) in [6, 6.07) is 5.05. The van der Waals surface area contributed by atoms with Gasteiger partial charge in [-0.25, -0.2) is 4.98 Å². The smallest absolute Gasteiger partial charge is 0.128 e. The van der Waals surface area contributed by atoms with Crippen LogP contribution in [0.2, 0.25) is 0 Å². The number of nitrogens with zero attached hydrogens (tertiary/aromatic N) is 2. The van der Waals surface area contributed by atoms with Crippen LogP contribution in [0.1, 0.15) is 52.5 Å². The molecule has 1 aliphatic rings. The van der Waals surface area contributed by atoms with Crippen molar-refractivity contribution in [3.05, 3.63) is 23.9 Å². The Hall–Kier alpha value is -1.09. The number of pyridine rings is 1. The minimum atomic E-state index is 0.175. The monoisotopic (exact) mass is 275 g/mol. The van der Waals surface area contributed by atoms with Gasteiger partial charge in [-0.15, -0.1) is 0 Å². The summed E-state index contributed by atoms with van der Waals surface area (Å²) in [5.74, 6) is 1.12. The molecular formula is C17H29N3. The van der Waals surface area contributed by atoms with Crippen LogP contribution in [0.3, 0.4) is 0 Å². The molecule has 0 bridgehead atoms. The quantitative estimate of drug-likeness (QED) is 0.893. The second-order valence-electron chi connectivity index (χ2n) is 6.89. The third-order valence-electron chi connectivity index (χ3n) is 4.03. The summed E-state index contributed by atoms with van der Waals surface area (Å²) in [5.41, 5.74) is 1.48. The molecule has 1 aromatic rings. The lowest BCUT2D eigenvalue weighted by Gasteiger charge is -2.27. The van der Waals surface area contributed by atoms with Crippen molar-refractivity contribution >= 4 is 5.82 Å². The molecule has 1 aromatic heterocycles. The molecule has 1 unspecified atom stereocenters. The highest BCUT2D eigenvalue weighted by Gasteiger charge is 2.19. The predicted octanol–water partition coefficient (Wildman–Crippen LogP) is 3.35. The molecular weight excluding hydrogens is 246 g/mol. The zero-order valence-corrected chi connectivity index (χ0v) is 13.4. The maximum absolute atomic E-state index is 4.70. The molecule has 112 valence electrons. The normalized spacial score (nSPS) is 19.3. The molecule has 0 saturated carbocycles. The third kappa shape index (κ3) is 3.95. The van der Waals surface area contributed by atoms with E-state index >= 15 is 0 Å². The Morgan fingerprint density at radius 3 is 2.65 bits per heavy atom. The first kappa shape index (κ1) is 15.3. The van der Waals surface area contributed by atoms with Gasteiger partial charge >= 0.3 is 0 Å². The standard InChI is InChI=1S/C17H29N3/c1-5-11-20(13-15-7-6-10-18-15)16-9-8-14(12-19-16)17(2,3)4/h8-9,12,15,18H,5-7,10-11,13H2,1-4H3. The summed E-state index contributed by atoms with van der Waals surface area (Å²) in [6.07, 6.45) is 5.80. The Balaban J connectivity index is 2.08. The molecule has 1 atom stereocenters. The molecule has 1 aliphatic heterocycles. The molecule has 3 heteroatoms. The number of nitrogens with one attached hydrogen (secondary N) is 1. The van der Waals surface area contributed by atoms with Crippen molar-refractivity contribution in [2.45, 2.75) is 58.4 Å². The maximum atomic E-state index is 4.70. The van der Waals surface area contributed by atoms with Crippen LogP contribution in [0.25, 0.3) is 0 Å². The molecule has 2 rings (SSSR count). The first-order valence-electron chi connectivity index (χ1n) is 7.95. The Morgan fingerprint density at radius 1 is 1.35 bits per heavy atom. The molecule has 0 aromatic carbocycles. The van der Waals surface area contributed by atoms with Crippen LogP contribution in [0, 0.1) is 0 Å². The van der Waals surface area contributed by atoms with E-state index in [0.29, 0.717) is 6.04 Å². The fraction of sp³-hybridized carbons (Fsp3) is 0.706. The molecule has 1 saturated heterocycles. The summed E-state index contributed by atoms with van der Waals surface area (Å²) in [7, 11) is 0. The fourth-order valence-corrected chi connectivity index (χ4v) is 2.76. The number of rotatable bonds is 5. The largest absolute Gasteiger partial charge is 0.355 e. The third-order valence-corrected chi connectivity index (χ3v) is 4.03. The van der Waals surface area contributed by atoms with Crippen LogP contribution in [-0.4, -0.2) is 30.7 Å². The Bertz CT molecular complexity index is 399. The lowest BCUT2D eigenvalue weighted by Crippen LogP contribution is -2.38. The van der Waals surface area contributed by atoms with Crippen molar-refractivity contribution < 1.29 is 0 Å². The molecule has 1 fully saturated rings. The highest BCUT2D eigenvalue weighted by atomic mass is 15.2. The summed E-state index contributed by atoms with van der Waals surface area (Å²) < 4.78 is 0. The van der Waals surface area contributed by atoms with Gasteiger partial charge in [0.2, 0.25) is 0 Å². The van der Waals surface area contributed by atoms with Crippen LogP contribution < -0.4 is 10.2 Å². The van der Waals surface area contributed by atoms with Crippen LogP contribution >= 0.6 is 0 Å². The topological polar surface area (TPSA) is 28.2 Å². The lowest BCUT2D eigenvalue weighted by molar-refractivity contribution is 0.571. The van der Waals surface area contributed by atoms with Crippen LogP contribution in [0.5, 0.6) is 0 Å². The van der Waals surface area contributed by atoms with Gasteiger partial charge in [0.1, 0.15) is 5.82 Å². The van der Waals surface area contributed by atoms with Gasteiger partial charge in [0.05, 0.1) is 0 Å². The summed E-state index contributed by atoms with van der Waals surface area (Å²) in [4.78, 5) is 7.13. The van der Waals surface area contributed by atoms with E-state index in [1.165, 1.54) is 24.9 Å². The highest BCUT2D eigenvalue weighted by Crippen LogP contribution is 2.23. The van der Waals surface area contributed by atoms with Gasteiger partial charge in [0.15, 0.2) is 0 Å². The SMILES string of the molecule is CCCN(CC1CCCN1)c1ccc(C(C)(C)C)cn1. The first-order valence-corrected chi connectivity index (χ1v) is 7.95. The Morgan fingerprint density at radius 2 is 2.15 bits per heavy atom. The average Bonchev–Trinajstić information content (AvgIpc) is 2.90. The summed E-state index contributed by atoms with van der Waals surface area (Å²) >= 11 is 0. The molecule has 0 radical (unpaired) electrons. The Kier molecular flexibility index (Phi) is 5.03. The van der Waals surface area contributed by atoms with E-state index in [1.807, 2.05) is 6.20 Å². The van der Waals surface area contributed by atoms with Crippen molar-refractivity contribution in [3.8, 4) is 0 Å². The molecule has 0 amide bonds. The molecule has 2 heterocycles. The van der Waals surface area contributed by atoms with Crippen molar-refractivity contribution in [1.29, 1.82) is 0 Å².